The first-order valence-corrected chi connectivity index (χ1v) is 10.3. The van der Waals surface area contributed by atoms with Crippen LogP contribution in [0, 0.1) is 10.1 Å². The fraction of sp³-hybridized carbons (Fsp3) is 0.100. The number of ether oxygens (including phenoxy) is 1. The number of nitro benzene ring substituents is 1. The highest BCUT2D eigenvalue weighted by Gasteiger charge is 2.17. The zero-order valence-corrected chi connectivity index (χ0v) is 16.7. The van der Waals surface area contributed by atoms with Gasteiger partial charge in [0.25, 0.3) is 5.69 Å². The van der Waals surface area contributed by atoms with E-state index >= 15 is 0 Å². The third-order valence-electron chi connectivity index (χ3n) is 4.15. The largest absolute Gasteiger partial charge is 0.468 e. The second-order valence-electron chi connectivity index (χ2n) is 6.23. The van der Waals surface area contributed by atoms with Crippen LogP contribution in [-0.2, 0) is 21.3 Å². The topological polar surface area (TPSA) is 146 Å². The van der Waals surface area contributed by atoms with Crippen LogP contribution < -0.4 is 4.72 Å². The summed E-state index contributed by atoms with van der Waals surface area (Å²) >= 11 is 0. The number of rotatable bonds is 9. The summed E-state index contributed by atoms with van der Waals surface area (Å²) in [4.78, 5) is 34.2. The molecule has 3 aromatic rings. The molecule has 1 heterocycles. The molecule has 0 aliphatic rings. The molecule has 1 N–H and O–H groups in total. The van der Waals surface area contributed by atoms with Gasteiger partial charge in [-0.3, -0.25) is 14.9 Å². The van der Waals surface area contributed by atoms with E-state index in [0.717, 1.165) is 0 Å². The van der Waals surface area contributed by atoms with E-state index < -0.39 is 33.3 Å². The van der Waals surface area contributed by atoms with Crippen LogP contribution in [-0.4, -0.2) is 31.7 Å². The average Bonchev–Trinajstić information content (AvgIpc) is 3.30. The SMILES string of the molecule is O=C(COC(=O)c1ccc(S(=O)(=O)NCc2ccco2)cc1)c1ccc([N+](=O)[O-])cc1. The minimum atomic E-state index is -3.81. The van der Waals surface area contributed by atoms with Crippen LogP contribution in [0.4, 0.5) is 5.69 Å². The van der Waals surface area contributed by atoms with E-state index in [4.69, 9.17) is 9.15 Å². The van der Waals surface area contributed by atoms with Crippen molar-refractivity contribution in [1.82, 2.24) is 4.72 Å². The van der Waals surface area contributed by atoms with Gasteiger partial charge < -0.3 is 9.15 Å². The molecule has 0 aliphatic heterocycles. The number of ketones is 1. The molecule has 3 rings (SSSR count). The van der Waals surface area contributed by atoms with Crippen molar-refractivity contribution < 1.29 is 32.1 Å². The predicted octanol–water partition coefficient (Wildman–Crippen LogP) is 2.71. The highest BCUT2D eigenvalue weighted by molar-refractivity contribution is 7.89. The lowest BCUT2D eigenvalue weighted by Gasteiger charge is -2.07. The Balaban J connectivity index is 1.57. The summed E-state index contributed by atoms with van der Waals surface area (Å²) in [6.45, 7) is -0.592. The lowest BCUT2D eigenvalue weighted by molar-refractivity contribution is -0.384. The van der Waals surface area contributed by atoms with Crippen LogP contribution in [0.25, 0.3) is 0 Å². The van der Waals surface area contributed by atoms with Crippen LogP contribution in [0.2, 0.25) is 0 Å². The smallest absolute Gasteiger partial charge is 0.338 e. The molecule has 0 bridgehead atoms. The van der Waals surface area contributed by atoms with Crippen LogP contribution in [0.5, 0.6) is 0 Å². The summed E-state index contributed by atoms with van der Waals surface area (Å²) in [5, 5.41) is 10.6. The Hall–Kier alpha value is -3.83. The Bertz CT molecular complexity index is 1180. The van der Waals surface area contributed by atoms with Crippen LogP contribution in [0.3, 0.4) is 0 Å². The molecule has 10 nitrogen and oxygen atoms in total. The number of hydrogen-bond donors (Lipinski definition) is 1. The normalized spacial score (nSPS) is 11.1. The van der Waals surface area contributed by atoms with Crippen molar-refractivity contribution in [3.8, 4) is 0 Å². The highest BCUT2D eigenvalue weighted by Crippen LogP contribution is 2.14. The van der Waals surface area contributed by atoms with Crippen LogP contribution in [0.1, 0.15) is 26.5 Å². The third kappa shape index (κ3) is 5.62. The molecule has 2 aromatic carbocycles. The molecular weight excluding hydrogens is 428 g/mol. The second kappa shape index (κ2) is 9.32. The van der Waals surface area contributed by atoms with E-state index in [0.29, 0.717) is 5.76 Å². The minimum absolute atomic E-state index is 0.0239. The van der Waals surface area contributed by atoms with E-state index in [1.807, 2.05) is 0 Å². The number of esters is 1. The number of benzene rings is 2. The zero-order valence-electron chi connectivity index (χ0n) is 15.9. The summed E-state index contributed by atoms with van der Waals surface area (Å²) in [7, 11) is -3.81. The number of Topliss-reactive ketones (excluding diaryl/α,β-unsaturated/α-hetero) is 1. The molecule has 160 valence electrons. The van der Waals surface area contributed by atoms with Crippen molar-refractivity contribution in [2.24, 2.45) is 0 Å². The van der Waals surface area contributed by atoms with Crippen molar-refractivity contribution in [1.29, 1.82) is 0 Å². The first-order chi connectivity index (χ1) is 14.8. The molecule has 1 aromatic heterocycles. The Kier molecular flexibility index (Phi) is 6.58. The molecule has 0 spiro atoms. The number of furan rings is 1. The second-order valence-corrected chi connectivity index (χ2v) is 8.00. The molecular formula is C20H16N2O8S. The fourth-order valence-electron chi connectivity index (χ4n) is 2.50. The van der Waals surface area contributed by atoms with Gasteiger partial charge in [0, 0.05) is 17.7 Å². The molecule has 11 heteroatoms. The standard InChI is InChI=1S/C20H16N2O8S/c23-19(14-3-7-16(8-4-14)22(25)26)13-30-20(24)15-5-9-18(10-6-15)31(27,28)21-12-17-2-1-11-29-17/h1-11,21H,12-13H2. The number of nitrogens with zero attached hydrogens (tertiary/aromatic N) is 1. The average molecular weight is 444 g/mol. The number of non-ortho nitro benzene ring substituents is 1. The predicted molar refractivity (Wildman–Crippen MR) is 107 cm³/mol. The maximum Gasteiger partial charge on any atom is 0.338 e. The first-order valence-electron chi connectivity index (χ1n) is 8.83. The minimum Gasteiger partial charge on any atom is -0.468 e. The van der Waals surface area contributed by atoms with Crippen molar-refractivity contribution in [2.45, 2.75) is 11.4 Å². The quantitative estimate of drug-likeness (QED) is 0.229. The molecule has 0 atom stereocenters. The maximum absolute atomic E-state index is 12.3. The van der Waals surface area contributed by atoms with Gasteiger partial charge in [0.2, 0.25) is 10.0 Å². The molecule has 31 heavy (non-hydrogen) atoms. The van der Waals surface area contributed by atoms with Crippen molar-refractivity contribution >= 4 is 27.5 Å². The molecule has 0 saturated heterocycles. The van der Waals surface area contributed by atoms with Gasteiger partial charge in [-0.2, -0.15) is 0 Å². The van der Waals surface area contributed by atoms with E-state index in [1.54, 1.807) is 12.1 Å². The van der Waals surface area contributed by atoms with Crippen molar-refractivity contribution in [3.05, 3.63) is 93.9 Å². The molecule has 0 radical (unpaired) electrons. The van der Waals surface area contributed by atoms with Gasteiger partial charge in [0.1, 0.15) is 5.76 Å². The number of carbonyl (C=O) groups is 2. The molecule has 0 unspecified atom stereocenters. The lowest BCUT2D eigenvalue weighted by atomic mass is 10.1. The monoisotopic (exact) mass is 444 g/mol. The third-order valence-corrected chi connectivity index (χ3v) is 5.57. The number of sulfonamides is 1. The van der Waals surface area contributed by atoms with Gasteiger partial charge in [0.15, 0.2) is 12.4 Å². The van der Waals surface area contributed by atoms with E-state index in [-0.39, 0.29) is 28.3 Å². The Morgan fingerprint density at radius 2 is 1.65 bits per heavy atom. The summed E-state index contributed by atoms with van der Waals surface area (Å²) in [6, 6.07) is 13.1. The van der Waals surface area contributed by atoms with Gasteiger partial charge >= 0.3 is 5.97 Å². The Morgan fingerprint density at radius 3 is 2.23 bits per heavy atom. The molecule has 0 saturated carbocycles. The highest BCUT2D eigenvalue weighted by atomic mass is 32.2. The number of nitro groups is 1. The van der Waals surface area contributed by atoms with E-state index in [9.17, 15) is 28.1 Å². The van der Waals surface area contributed by atoms with E-state index in [2.05, 4.69) is 4.72 Å². The van der Waals surface area contributed by atoms with Gasteiger partial charge in [-0.25, -0.2) is 17.9 Å². The maximum atomic E-state index is 12.3. The molecule has 0 aliphatic carbocycles. The van der Waals surface area contributed by atoms with Gasteiger partial charge in [0.05, 0.1) is 28.2 Å². The van der Waals surface area contributed by atoms with Crippen LogP contribution >= 0.6 is 0 Å². The van der Waals surface area contributed by atoms with Crippen molar-refractivity contribution in [3.63, 3.8) is 0 Å². The van der Waals surface area contributed by atoms with Crippen molar-refractivity contribution in [2.75, 3.05) is 6.61 Å². The number of carbonyl (C=O) groups excluding carboxylic acids is 2. The lowest BCUT2D eigenvalue weighted by Crippen LogP contribution is -2.23. The zero-order chi connectivity index (χ0) is 22.4. The van der Waals surface area contributed by atoms with Gasteiger partial charge in [-0.15, -0.1) is 0 Å². The number of hydrogen-bond acceptors (Lipinski definition) is 8. The summed E-state index contributed by atoms with van der Waals surface area (Å²) in [5.74, 6) is -0.909. The molecule has 0 amide bonds. The first kappa shape index (κ1) is 21.9. The molecule has 0 fully saturated rings. The van der Waals surface area contributed by atoms with E-state index in [1.165, 1.54) is 54.8 Å². The fourth-order valence-corrected chi connectivity index (χ4v) is 3.49. The number of nitrogens with one attached hydrogen (secondary N) is 1. The summed E-state index contributed by atoms with van der Waals surface area (Å²) in [6.07, 6.45) is 1.43. The summed E-state index contributed by atoms with van der Waals surface area (Å²) in [5.41, 5.74) is 0.0474. The Morgan fingerprint density at radius 1 is 1.00 bits per heavy atom. The Labute approximate surface area is 176 Å². The van der Waals surface area contributed by atoms with Gasteiger partial charge in [-0.1, -0.05) is 0 Å². The summed E-state index contributed by atoms with van der Waals surface area (Å²) < 4.78 is 37.0. The van der Waals surface area contributed by atoms with Crippen LogP contribution in [0.15, 0.2) is 76.2 Å². The van der Waals surface area contributed by atoms with Gasteiger partial charge in [-0.05, 0) is 48.5 Å².